The van der Waals surface area contributed by atoms with Gasteiger partial charge in [0.1, 0.15) is 28.9 Å². The third-order valence-corrected chi connectivity index (χ3v) is 5.29. The molecular weight excluding hydrogens is 447 g/mol. The smallest absolute Gasteiger partial charge is 0.248 e. The van der Waals surface area contributed by atoms with Crippen molar-refractivity contribution in [3.63, 3.8) is 0 Å². The highest BCUT2D eigenvalue weighted by Gasteiger charge is 2.15. The number of hydrogen-bond donors (Lipinski definition) is 1. The number of carbonyl (C=O) groups is 1. The zero-order valence-electron chi connectivity index (χ0n) is 15.5. The van der Waals surface area contributed by atoms with Crippen LogP contribution in [0.5, 0.6) is 5.75 Å². The second-order valence-corrected chi connectivity index (χ2v) is 7.73. The summed E-state index contributed by atoms with van der Waals surface area (Å²) in [5.41, 5.74) is 7.79. The third kappa shape index (κ3) is 4.36. The fourth-order valence-electron chi connectivity index (χ4n) is 3.00. The van der Waals surface area contributed by atoms with Gasteiger partial charge in [-0.25, -0.2) is 9.97 Å². The molecule has 2 N–H and O–H groups in total. The summed E-state index contributed by atoms with van der Waals surface area (Å²) in [6.45, 7) is 0.560. The van der Waals surface area contributed by atoms with Crippen LogP contribution in [0.3, 0.4) is 0 Å². The van der Waals surface area contributed by atoms with Crippen LogP contribution < -0.4 is 10.5 Å². The predicted molar refractivity (Wildman–Crippen MR) is 117 cm³/mol. The van der Waals surface area contributed by atoms with Gasteiger partial charge in [0.05, 0.1) is 6.54 Å². The van der Waals surface area contributed by atoms with Gasteiger partial charge < -0.3 is 15.0 Å². The Bertz CT molecular complexity index is 1240. The molecule has 0 fully saturated rings. The van der Waals surface area contributed by atoms with Gasteiger partial charge in [-0.3, -0.25) is 4.79 Å². The van der Waals surface area contributed by atoms with Gasteiger partial charge in [0.25, 0.3) is 0 Å². The summed E-state index contributed by atoms with van der Waals surface area (Å²) in [5, 5.41) is 1.52. The van der Waals surface area contributed by atoms with Crippen LogP contribution in [0.4, 0.5) is 0 Å². The maximum absolute atomic E-state index is 11.2. The number of primary amides is 1. The number of imidazole rings is 1. The topological polar surface area (TPSA) is 83.0 Å². The summed E-state index contributed by atoms with van der Waals surface area (Å²) in [5.74, 6) is 0.713. The van der Waals surface area contributed by atoms with Crippen LogP contribution in [-0.2, 0) is 13.2 Å². The van der Waals surface area contributed by atoms with Gasteiger partial charge in [-0.15, -0.1) is 0 Å². The van der Waals surface area contributed by atoms with E-state index in [1.807, 2.05) is 4.57 Å². The first kappa shape index (κ1) is 20.5. The van der Waals surface area contributed by atoms with Gasteiger partial charge >= 0.3 is 0 Å². The highest BCUT2D eigenvalue weighted by atomic mass is 35.5. The predicted octanol–water partition coefficient (Wildman–Crippen LogP) is 5.12. The number of nitrogens with two attached hydrogens (primary N) is 1. The molecule has 0 bridgehead atoms. The molecule has 1 amide bonds. The summed E-state index contributed by atoms with van der Waals surface area (Å²) in [6, 6.07) is 15.3. The molecule has 0 radical (unpaired) electrons. The van der Waals surface area contributed by atoms with Gasteiger partial charge in [-0.1, -0.05) is 34.8 Å². The molecule has 0 aliphatic carbocycles. The first-order valence-electron chi connectivity index (χ1n) is 8.89. The summed E-state index contributed by atoms with van der Waals surface area (Å²) in [6.07, 6.45) is 0. The highest BCUT2D eigenvalue weighted by molar-refractivity contribution is 6.33. The Balaban J connectivity index is 1.67. The molecule has 30 heavy (non-hydrogen) atoms. The van der Waals surface area contributed by atoms with Crippen molar-refractivity contribution in [1.29, 1.82) is 0 Å². The van der Waals surface area contributed by atoms with Crippen LogP contribution in [0, 0.1) is 0 Å². The number of carbonyl (C=O) groups excluding carboxylic acids is 1. The summed E-state index contributed by atoms with van der Waals surface area (Å²) in [4.78, 5) is 20.3. The lowest BCUT2D eigenvalue weighted by Crippen LogP contribution is -2.11. The van der Waals surface area contributed by atoms with Crippen molar-refractivity contribution in [1.82, 2.24) is 14.5 Å². The molecular formula is C21H15Cl3N4O2. The number of nitrogens with zero attached hydrogens (tertiary/aromatic N) is 3. The number of amides is 1. The van der Waals surface area contributed by atoms with E-state index in [4.69, 9.17) is 45.3 Å². The maximum Gasteiger partial charge on any atom is 0.248 e. The van der Waals surface area contributed by atoms with Crippen LogP contribution in [0.2, 0.25) is 15.2 Å². The molecule has 4 rings (SSSR count). The highest BCUT2D eigenvalue weighted by Crippen LogP contribution is 2.25. The van der Waals surface area contributed by atoms with Crippen LogP contribution >= 0.6 is 34.8 Å². The van der Waals surface area contributed by atoms with E-state index < -0.39 is 5.91 Å². The number of rotatable bonds is 6. The molecule has 9 heteroatoms. The molecule has 2 aromatic heterocycles. The van der Waals surface area contributed by atoms with Crippen molar-refractivity contribution in [3.05, 3.63) is 86.7 Å². The number of ether oxygens (including phenoxy) is 1. The molecule has 0 saturated heterocycles. The van der Waals surface area contributed by atoms with Crippen molar-refractivity contribution >= 4 is 51.9 Å². The minimum absolute atomic E-state index is 0.169. The quantitative estimate of drug-likeness (QED) is 0.404. The van der Waals surface area contributed by atoms with Gasteiger partial charge in [-0.2, -0.15) is 0 Å². The number of halogens is 3. The molecule has 2 heterocycles. The normalized spacial score (nSPS) is 11.0. The second-order valence-electron chi connectivity index (χ2n) is 6.50. The molecule has 0 aliphatic rings. The van der Waals surface area contributed by atoms with E-state index in [0.717, 1.165) is 5.56 Å². The molecule has 0 atom stereocenters. The van der Waals surface area contributed by atoms with Crippen LogP contribution in [-0.4, -0.2) is 20.4 Å². The van der Waals surface area contributed by atoms with Crippen LogP contribution in [0.1, 0.15) is 21.7 Å². The van der Waals surface area contributed by atoms with Crippen molar-refractivity contribution in [2.45, 2.75) is 13.2 Å². The lowest BCUT2D eigenvalue weighted by atomic mass is 10.2. The van der Waals surface area contributed by atoms with E-state index in [2.05, 4.69) is 9.97 Å². The molecule has 0 spiro atoms. The van der Waals surface area contributed by atoms with Gasteiger partial charge in [0, 0.05) is 15.6 Å². The number of aromatic nitrogens is 3. The fourth-order valence-corrected chi connectivity index (χ4v) is 3.52. The fraction of sp³-hybridized carbons (Fsp3) is 0.0952. The zero-order chi connectivity index (χ0) is 21.3. The lowest BCUT2D eigenvalue weighted by Gasteiger charge is -2.12. The molecule has 2 aromatic carbocycles. The van der Waals surface area contributed by atoms with Gasteiger partial charge in [-0.05, 0) is 60.2 Å². The first-order valence-corrected chi connectivity index (χ1v) is 10.0. The Hall–Kier alpha value is -2.80. The summed E-state index contributed by atoms with van der Waals surface area (Å²) in [7, 11) is 0. The average molecular weight is 462 g/mol. The summed E-state index contributed by atoms with van der Waals surface area (Å²) < 4.78 is 7.75. The van der Waals surface area contributed by atoms with Crippen molar-refractivity contribution in [2.24, 2.45) is 5.73 Å². The largest absolute Gasteiger partial charge is 0.486 e. The molecule has 152 valence electrons. The third-order valence-electron chi connectivity index (χ3n) is 4.48. The van der Waals surface area contributed by atoms with E-state index >= 15 is 0 Å². The van der Waals surface area contributed by atoms with Crippen LogP contribution in [0.15, 0.2) is 54.6 Å². The Labute approximate surface area is 187 Å². The standard InChI is InChI=1S/C21H15Cl3N4O2/c22-14-3-6-16(23)13(9-14)10-28-19(26-17-7-8-18(24)27-21(17)28)11-30-15-4-1-12(2-5-15)20(25)29/h1-9H,10-11H2,(H2,25,29). The molecule has 6 nitrogen and oxygen atoms in total. The van der Waals surface area contributed by atoms with Crippen molar-refractivity contribution < 1.29 is 9.53 Å². The number of fused-ring (bicyclic) bond motifs is 1. The average Bonchev–Trinajstić information content (AvgIpc) is 3.06. The Morgan fingerprint density at radius 1 is 1.00 bits per heavy atom. The molecule has 4 aromatic rings. The number of benzene rings is 2. The minimum atomic E-state index is -0.496. The van der Waals surface area contributed by atoms with E-state index in [-0.39, 0.29) is 6.61 Å². The molecule has 0 saturated carbocycles. The van der Waals surface area contributed by atoms with Crippen molar-refractivity contribution in [3.8, 4) is 5.75 Å². The molecule has 0 aliphatic heterocycles. The maximum atomic E-state index is 11.2. The Morgan fingerprint density at radius 3 is 2.50 bits per heavy atom. The Morgan fingerprint density at radius 2 is 1.77 bits per heavy atom. The van der Waals surface area contributed by atoms with Gasteiger partial charge in [0.15, 0.2) is 5.65 Å². The zero-order valence-corrected chi connectivity index (χ0v) is 17.7. The van der Waals surface area contributed by atoms with Crippen molar-refractivity contribution in [2.75, 3.05) is 0 Å². The second kappa shape index (κ2) is 8.52. The van der Waals surface area contributed by atoms with Gasteiger partial charge in [0.2, 0.25) is 5.91 Å². The number of hydrogen-bond acceptors (Lipinski definition) is 4. The lowest BCUT2D eigenvalue weighted by molar-refractivity contribution is 0.1000. The van der Waals surface area contributed by atoms with E-state index in [1.165, 1.54) is 0 Å². The summed E-state index contributed by atoms with van der Waals surface area (Å²) >= 11 is 18.6. The minimum Gasteiger partial charge on any atom is -0.486 e. The van der Waals surface area contributed by atoms with E-state index in [9.17, 15) is 4.79 Å². The Kier molecular flexibility index (Phi) is 5.81. The first-order chi connectivity index (χ1) is 14.4. The monoisotopic (exact) mass is 460 g/mol. The van der Waals surface area contributed by atoms with E-state index in [1.54, 1.807) is 54.6 Å². The number of pyridine rings is 1. The molecule has 0 unspecified atom stereocenters. The van der Waals surface area contributed by atoms with Crippen LogP contribution in [0.25, 0.3) is 11.2 Å². The van der Waals surface area contributed by atoms with E-state index in [0.29, 0.717) is 50.0 Å². The SMILES string of the molecule is NC(=O)c1ccc(OCc2nc3ccc(Cl)nc3n2Cc2cc(Cl)ccc2Cl)cc1.